The molecule has 1 aliphatic heterocycles. The van der Waals surface area contributed by atoms with Crippen LogP contribution in [0.15, 0.2) is 54.9 Å². The lowest BCUT2D eigenvalue weighted by Gasteiger charge is -2.31. The third kappa shape index (κ3) is 6.05. The standard InChI is InChI=1S/C26H25F5N8O/c27-25(28)7-11-38(12-8-25)23(40)20-15-39-22(36-20)13-19(16-1-3-17(4-2-16)26(29,30)31)37-24(39)34-10-9-33-21-6-5-18(32)14-35-21/h1-6,13-15H,7-12,32H2,(H,33,35)(H,34,37). The predicted octanol–water partition coefficient (Wildman–Crippen LogP) is 4.79. The van der Waals surface area contributed by atoms with Crippen molar-refractivity contribution < 1.29 is 26.7 Å². The number of nitrogen functional groups attached to an aromatic ring is 1. The topological polar surface area (TPSA) is 113 Å². The van der Waals surface area contributed by atoms with Gasteiger partial charge in [0.05, 0.1) is 23.1 Å². The zero-order valence-electron chi connectivity index (χ0n) is 21.1. The van der Waals surface area contributed by atoms with Gasteiger partial charge in [0, 0.05) is 56.8 Å². The molecule has 4 heterocycles. The van der Waals surface area contributed by atoms with Crippen LogP contribution >= 0.6 is 0 Å². The van der Waals surface area contributed by atoms with Gasteiger partial charge in [-0.3, -0.25) is 9.20 Å². The summed E-state index contributed by atoms with van der Waals surface area (Å²) >= 11 is 0. The second-order valence-electron chi connectivity index (χ2n) is 9.37. The highest BCUT2D eigenvalue weighted by atomic mass is 19.4. The van der Waals surface area contributed by atoms with Gasteiger partial charge >= 0.3 is 6.18 Å². The Labute approximate surface area is 225 Å². The summed E-state index contributed by atoms with van der Waals surface area (Å²) in [4.78, 5) is 27.5. The number of rotatable bonds is 7. The molecule has 1 aliphatic rings. The van der Waals surface area contributed by atoms with E-state index in [2.05, 4.69) is 25.6 Å². The number of hydrogen-bond acceptors (Lipinski definition) is 7. The monoisotopic (exact) mass is 560 g/mol. The molecular formula is C26H25F5N8O. The third-order valence-electron chi connectivity index (χ3n) is 6.46. The van der Waals surface area contributed by atoms with Crippen LogP contribution in [0.4, 0.5) is 39.4 Å². The van der Waals surface area contributed by atoms with Gasteiger partial charge < -0.3 is 21.3 Å². The number of carbonyl (C=O) groups is 1. The van der Waals surface area contributed by atoms with Crippen molar-refractivity contribution in [2.45, 2.75) is 24.9 Å². The lowest BCUT2D eigenvalue weighted by Crippen LogP contribution is -2.42. The number of fused-ring (bicyclic) bond motifs is 1. The van der Waals surface area contributed by atoms with Crippen LogP contribution in [0.25, 0.3) is 16.9 Å². The van der Waals surface area contributed by atoms with Crippen molar-refractivity contribution in [3.63, 3.8) is 0 Å². The number of aromatic nitrogens is 4. The molecule has 0 aliphatic carbocycles. The minimum absolute atomic E-state index is 0.0452. The Morgan fingerprint density at radius 1 is 1.00 bits per heavy atom. The fourth-order valence-corrected chi connectivity index (χ4v) is 4.27. The Kier molecular flexibility index (Phi) is 7.17. The number of anilines is 3. The molecule has 3 aromatic heterocycles. The third-order valence-corrected chi connectivity index (χ3v) is 6.46. The molecule has 14 heteroatoms. The molecule has 4 aromatic rings. The van der Waals surface area contributed by atoms with Gasteiger partial charge in [0.2, 0.25) is 5.95 Å². The first-order valence-electron chi connectivity index (χ1n) is 12.4. The number of nitrogens with one attached hydrogen (secondary N) is 2. The van der Waals surface area contributed by atoms with E-state index in [-0.39, 0.29) is 24.7 Å². The van der Waals surface area contributed by atoms with E-state index in [1.54, 1.807) is 22.6 Å². The van der Waals surface area contributed by atoms with Gasteiger partial charge in [0.15, 0.2) is 0 Å². The normalized spacial score (nSPS) is 15.3. The van der Waals surface area contributed by atoms with Gasteiger partial charge in [-0.1, -0.05) is 12.1 Å². The fourth-order valence-electron chi connectivity index (χ4n) is 4.27. The highest BCUT2D eigenvalue weighted by Crippen LogP contribution is 2.32. The Hall–Kier alpha value is -4.49. The van der Waals surface area contributed by atoms with Crippen LogP contribution in [0.5, 0.6) is 0 Å². The fraction of sp³-hybridized carbons (Fsp3) is 0.308. The quantitative estimate of drug-likeness (QED) is 0.220. The molecular weight excluding hydrogens is 535 g/mol. The number of halogens is 5. The van der Waals surface area contributed by atoms with Crippen LogP contribution < -0.4 is 16.4 Å². The minimum Gasteiger partial charge on any atom is -0.397 e. The van der Waals surface area contributed by atoms with E-state index in [1.807, 2.05) is 0 Å². The second-order valence-corrected chi connectivity index (χ2v) is 9.37. The summed E-state index contributed by atoms with van der Waals surface area (Å²) in [7, 11) is 0. The van der Waals surface area contributed by atoms with E-state index in [1.165, 1.54) is 29.4 Å². The molecule has 4 N–H and O–H groups in total. The smallest absolute Gasteiger partial charge is 0.397 e. The molecule has 1 fully saturated rings. The number of hydrogen-bond donors (Lipinski definition) is 3. The van der Waals surface area contributed by atoms with Gasteiger partial charge in [-0.25, -0.2) is 23.7 Å². The van der Waals surface area contributed by atoms with Crippen molar-refractivity contribution in [3.05, 3.63) is 66.1 Å². The van der Waals surface area contributed by atoms with Gasteiger partial charge in [0.25, 0.3) is 11.8 Å². The minimum atomic E-state index is -4.48. The van der Waals surface area contributed by atoms with E-state index >= 15 is 0 Å². The number of amides is 1. The molecule has 1 saturated heterocycles. The highest BCUT2D eigenvalue weighted by Gasteiger charge is 2.36. The van der Waals surface area contributed by atoms with Crippen LogP contribution in [-0.2, 0) is 6.18 Å². The second kappa shape index (κ2) is 10.6. The highest BCUT2D eigenvalue weighted by molar-refractivity contribution is 5.93. The van der Waals surface area contributed by atoms with Crippen LogP contribution in [0, 0.1) is 0 Å². The maximum absolute atomic E-state index is 13.6. The van der Waals surface area contributed by atoms with Crippen LogP contribution in [0.2, 0.25) is 0 Å². The summed E-state index contributed by atoms with van der Waals surface area (Å²) in [6.45, 7) is 0.593. The molecule has 0 saturated carbocycles. The summed E-state index contributed by atoms with van der Waals surface area (Å²) in [5, 5.41) is 6.27. The molecule has 1 amide bonds. The van der Waals surface area contributed by atoms with Crippen molar-refractivity contribution in [3.8, 4) is 11.3 Å². The molecule has 0 atom stereocenters. The molecule has 210 valence electrons. The predicted molar refractivity (Wildman–Crippen MR) is 139 cm³/mol. The Morgan fingerprint density at radius 2 is 1.70 bits per heavy atom. The van der Waals surface area contributed by atoms with Crippen molar-refractivity contribution in [2.75, 3.05) is 42.5 Å². The molecule has 5 rings (SSSR count). The molecule has 40 heavy (non-hydrogen) atoms. The SMILES string of the molecule is Nc1ccc(NCCNc2nc(-c3ccc(C(F)(F)F)cc3)cc3nc(C(=O)N4CCC(F)(F)CC4)cn23)nc1. The number of imidazole rings is 1. The number of benzene rings is 1. The van der Waals surface area contributed by atoms with E-state index < -0.39 is 36.4 Å². The molecule has 1 aromatic carbocycles. The average Bonchev–Trinajstić information content (AvgIpc) is 3.36. The number of nitrogens with zero attached hydrogens (tertiary/aromatic N) is 5. The maximum atomic E-state index is 13.6. The summed E-state index contributed by atoms with van der Waals surface area (Å²) in [5.41, 5.74) is 6.49. The lowest BCUT2D eigenvalue weighted by molar-refractivity contribution is -0.137. The van der Waals surface area contributed by atoms with Crippen molar-refractivity contribution in [1.29, 1.82) is 0 Å². The van der Waals surface area contributed by atoms with E-state index in [4.69, 9.17) is 5.73 Å². The molecule has 9 nitrogen and oxygen atoms in total. The van der Waals surface area contributed by atoms with E-state index in [0.29, 0.717) is 41.5 Å². The Bertz CT molecular complexity index is 1490. The number of piperidine rings is 1. The summed E-state index contributed by atoms with van der Waals surface area (Å²) in [6, 6.07) is 9.52. The van der Waals surface area contributed by atoms with Crippen molar-refractivity contribution in [1.82, 2.24) is 24.3 Å². The van der Waals surface area contributed by atoms with E-state index in [9.17, 15) is 26.7 Å². The van der Waals surface area contributed by atoms with Crippen LogP contribution in [0.3, 0.4) is 0 Å². The molecule has 0 bridgehead atoms. The molecule has 0 spiro atoms. The van der Waals surface area contributed by atoms with Crippen LogP contribution in [-0.4, -0.2) is 62.3 Å². The van der Waals surface area contributed by atoms with Crippen molar-refractivity contribution >= 4 is 29.0 Å². The lowest BCUT2D eigenvalue weighted by atomic mass is 10.1. The molecule has 0 unspecified atom stereocenters. The first-order valence-corrected chi connectivity index (χ1v) is 12.4. The average molecular weight is 561 g/mol. The van der Waals surface area contributed by atoms with Gasteiger partial charge in [-0.2, -0.15) is 13.2 Å². The summed E-state index contributed by atoms with van der Waals surface area (Å²) < 4.78 is 67.9. The first-order chi connectivity index (χ1) is 19.0. The van der Waals surface area contributed by atoms with Crippen molar-refractivity contribution in [2.24, 2.45) is 0 Å². The van der Waals surface area contributed by atoms with Gasteiger partial charge in [-0.15, -0.1) is 0 Å². The zero-order valence-corrected chi connectivity index (χ0v) is 21.1. The number of likely N-dealkylation sites (tertiary alicyclic amines) is 1. The van der Waals surface area contributed by atoms with E-state index in [0.717, 1.165) is 12.1 Å². The number of carbonyl (C=O) groups excluding carboxylic acids is 1. The maximum Gasteiger partial charge on any atom is 0.416 e. The van der Waals surface area contributed by atoms with Gasteiger partial charge in [-0.05, 0) is 24.3 Å². The molecule has 0 radical (unpaired) electrons. The Morgan fingerprint density at radius 3 is 2.35 bits per heavy atom. The Balaban J connectivity index is 1.41. The first kappa shape index (κ1) is 27.1. The number of nitrogens with two attached hydrogens (primary N) is 1. The van der Waals surface area contributed by atoms with Gasteiger partial charge in [0.1, 0.15) is 17.2 Å². The number of pyridine rings is 1. The number of alkyl halides is 5. The summed E-state index contributed by atoms with van der Waals surface area (Å²) in [5.74, 6) is -2.40. The zero-order chi connectivity index (χ0) is 28.5. The van der Waals surface area contributed by atoms with Crippen LogP contribution in [0.1, 0.15) is 28.9 Å². The largest absolute Gasteiger partial charge is 0.416 e. The summed E-state index contributed by atoms with van der Waals surface area (Å²) in [6.07, 6.45) is -2.35.